The Labute approximate surface area is 179 Å². The topological polar surface area (TPSA) is 78.5 Å². The second kappa shape index (κ2) is 8.16. The third-order valence-corrected chi connectivity index (χ3v) is 6.38. The third-order valence-electron chi connectivity index (χ3n) is 6.38. The van der Waals surface area contributed by atoms with Crippen LogP contribution in [0.3, 0.4) is 0 Å². The van der Waals surface area contributed by atoms with E-state index in [0.29, 0.717) is 18.8 Å². The molecule has 1 heterocycles. The van der Waals surface area contributed by atoms with E-state index in [1.165, 1.54) is 24.3 Å². The summed E-state index contributed by atoms with van der Waals surface area (Å²) in [7, 11) is 0. The number of nitrogens with zero attached hydrogens (tertiary/aromatic N) is 1. The molecule has 2 N–H and O–H groups in total. The summed E-state index contributed by atoms with van der Waals surface area (Å²) in [5.41, 5.74) is -1.11. The molecule has 0 bridgehead atoms. The average Bonchev–Trinajstić information content (AvgIpc) is 2.89. The Balaban J connectivity index is 1.68. The van der Waals surface area contributed by atoms with E-state index < -0.39 is 42.1 Å². The maximum absolute atomic E-state index is 13.5. The van der Waals surface area contributed by atoms with E-state index in [1.54, 1.807) is 6.07 Å². The molecule has 2 fully saturated rings. The summed E-state index contributed by atoms with van der Waals surface area (Å²) in [5, 5.41) is 4.62. The van der Waals surface area contributed by atoms with Crippen LogP contribution in [0.25, 0.3) is 0 Å². The van der Waals surface area contributed by atoms with Crippen LogP contribution in [0, 0.1) is 11.3 Å². The minimum atomic E-state index is -4.72. The van der Waals surface area contributed by atoms with Gasteiger partial charge in [-0.05, 0) is 42.6 Å². The number of benzene rings is 1. The molecule has 1 saturated heterocycles. The van der Waals surface area contributed by atoms with Crippen molar-refractivity contribution < 1.29 is 27.6 Å². The molecule has 1 atom stereocenters. The molecular weight excluding hydrogens is 411 g/mol. The van der Waals surface area contributed by atoms with Crippen LogP contribution in [0.1, 0.15) is 58.1 Å². The van der Waals surface area contributed by atoms with Gasteiger partial charge in [0.2, 0.25) is 5.91 Å². The molecule has 9 heteroatoms. The zero-order valence-electron chi connectivity index (χ0n) is 17.9. The predicted molar refractivity (Wildman–Crippen MR) is 108 cm³/mol. The van der Waals surface area contributed by atoms with E-state index in [1.807, 2.05) is 5.32 Å². The van der Waals surface area contributed by atoms with Crippen LogP contribution in [0.2, 0.25) is 0 Å². The lowest BCUT2D eigenvalue weighted by atomic mass is 9.67. The number of nitrogens with one attached hydrogen (secondary N) is 2. The fourth-order valence-corrected chi connectivity index (χ4v) is 4.49. The lowest BCUT2D eigenvalue weighted by molar-refractivity contribution is -0.163. The van der Waals surface area contributed by atoms with Crippen LogP contribution >= 0.6 is 0 Å². The van der Waals surface area contributed by atoms with Gasteiger partial charge in [-0.3, -0.25) is 14.5 Å². The average molecular weight is 439 g/mol. The first-order chi connectivity index (χ1) is 14.3. The highest BCUT2D eigenvalue weighted by Gasteiger charge is 2.54. The number of urea groups is 1. The van der Waals surface area contributed by atoms with E-state index in [4.69, 9.17) is 0 Å². The quantitative estimate of drug-likeness (QED) is 0.698. The number of hydrogen-bond donors (Lipinski definition) is 2. The smallest absolute Gasteiger partial charge is 0.339 e. The number of rotatable bonds is 4. The first kappa shape index (κ1) is 23.1. The Kier molecular flexibility index (Phi) is 6.08. The Bertz CT molecular complexity index is 841. The van der Waals surface area contributed by atoms with Gasteiger partial charge in [-0.25, -0.2) is 4.79 Å². The van der Waals surface area contributed by atoms with Gasteiger partial charge in [-0.2, -0.15) is 13.2 Å². The molecule has 1 unspecified atom stereocenters. The monoisotopic (exact) mass is 439 g/mol. The van der Waals surface area contributed by atoms with Crippen LogP contribution in [0.15, 0.2) is 30.3 Å². The van der Waals surface area contributed by atoms with Crippen molar-refractivity contribution in [3.63, 3.8) is 0 Å². The van der Waals surface area contributed by atoms with Gasteiger partial charge in [-0.1, -0.05) is 51.1 Å². The van der Waals surface area contributed by atoms with Crippen molar-refractivity contribution >= 4 is 17.8 Å². The van der Waals surface area contributed by atoms with Crippen LogP contribution in [-0.2, 0) is 9.59 Å². The van der Waals surface area contributed by atoms with Gasteiger partial charge in [-0.15, -0.1) is 0 Å². The van der Waals surface area contributed by atoms with Crippen molar-refractivity contribution in [3.05, 3.63) is 35.9 Å². The molecule has 4 amide bonds. The van der Waals surface area contributed by atoms with E-state index in [9.17, 15) is 27.6 Å². The molecule has 2 aliphatic rings. The van der Waals surface area contributed by atoms with Gasteiger partial charge in [0, 0.05) is 0 Å². The summed E-state index contributed by atoms with van der Waals surface area (Å²) in [6, 6.07) is 4.00. The van der Waals surface area contributed by atoms with E-state index >= 15 is 0 Å². The number of carbonyl (C=O) groups excluding carboxylic acids is 3. The number of halogens is 3. The molecule has 0 radical (unpaired) electrons. The maximum Gasteiger partial charge on any atom is 0.412 e. The molecule has 1 aliphatic heterocycles. The Hall–Kier alpha value is -2.58. The summed E-state index contributed by atoms with van der Waals surface area (Å²) >= 11 is 0. The molecule has 3 rings (SSSR count). The second-order valence-electron chi connectivity index (χ2n) is 9.50. The number of alkyl halides is 3. The van der Waals surface area contributed by atoms with Gasteiger partial charge in [0.05, 0.1) is 0 Å². The fraction of sp³-hybridized carbons (Fsp3) is 0.591. The Morgan fingerprint density at radius 1 is 1.16 bits per heavy atom. The predicted octanol–water partition coefficient (Wildman–Crippen LogP) is 3.93. The summed E-state index contributed by atoms with van der Waals surface area (Å²) < 4.78 is 40.4. The highest BCUT2D eigenvalue weighted by molar-refractivity contribution is 6.09. The van der Waals surface area contributed by atoms with Gasteiger partial charge in [0.1, 0.15) is 12.1 Å². The van der Waals surface area contributed by atoms with Crippen LogP contribution < -0.4 is 10.6 Å². The molecular formula is C22H28F3N3O3. The Morgan fingerprint density at radius 3 is 2.26 bits per heavy atom. The Morgan fingerprint density at radius 2 is 1.74 bits per heavy atom. The molecule has 1 aliphatic carbocycles. The van der Waals surface area contributed by atoms with Gasteiger partial charge in [0.25, 0.3) is 5.91 Å². The highest BCUT2D eigenvalue weighted by atomic mass is 19.4. The van der Waals surface area contributed by atoms with Crippen molar-refractivity contribution in [2.45, 2.75) is 64.2 Å². The zero-order chi connectivity index (χ0) is 23.0. The molecule has 0 aromatic heterocycles. The van der Waals surface area contributed by atoms with Gasteiger partial charge < -0.3 is 10.6 Å². The lowest BCUT2D eigenvalue weighted by Gasteiger charge is -2.40. The number of amides is 4. The van der Waals surface area contributed by atoms with Crippen molar-refractivity contribution in [3.8, 4) is 0 Å². The van der Waals surface area contributed by atoms with Crippen molar-refractivity contribution in [2.24, 2.45) is 11.3 Å². The molecule has 31 heavy (non-hydrogen) atoms. The van der Waals surface area contributed by atoms with Crippen molar-refractivity contribution in [1.29, 1.82) is 0 Å². The minimum absolute atomic E-state index is 0.0802. The number of hydrogen-bond acceptors (Lipinski definition) is 3. The summed E-state index contributed by atoms with van der Waals surface area (Å²) in [5.74, 6) is -1.18. The highest BCUT2D eigenvalue weighted by Crippen LogP contribution is 2.43. The largest absolute Gasteiger partial charge is 0.412 e. The zero-order valence-corrected chi connectivity index (χ0v) is 17.9. The van der Waals surface area contributed by atoms with Gasteiger partial charge in [0.15, 0.2) is 6.04 Å². The van der Waals surface area contributed by atoms with Gasteiger partial charge >= 0.3 is 12.2 Å². The van der Waals surface area contributed by atoms with Crippen molar-refractivity contribution in [2.75, 3.05) is 6.54 Å². The summed E-state index contributed by atoms with van der Waals surface area (Å²) in [4.78, 5) is 38.5. The van der Waals surface area contributed by atoms with E-state index in [2.05, 4.69) is 26.1 Å². The van der Waals surface area contributed by atoms with Crippen LogP contribution in [-0.4, -0.2) is 41.0 Å². The molecule has 1 spiro atoms. The standard InChI is InChI=1S/C22H28F3N3O3/c1-20(2,3)15-9-11-21(12-10-15)18(30)28(19(31)27-21)13-16(29)26-17(22(23,24)25)14-7-5-4-6-8-14/h4-8,15,17H,9-13H2,1-3H3,(H,26,29)(H,27,31). The lowest BCUT2D eigenvalue weighted by Crippen LogP contribution is -2.51. The van der Waals surface area contributed by atoms with E-state index in [-0.39, 0.29) is 11.0 Å². The van der Waals surface area contributed by atoms with Crippen molar-refractivity contribution in [1.82, 2.24) is 15.5 Å². The van der Waals surface area contributed by atoms with Crippen LogP contribution in [0.5, 0.6) is 0 Å². The number of imide groups is 1. The molecule has 170 valence electrons. The normalized spacial score (nSPS) is 25.5. The third kappa shape index (κ3) is 4.85. The SMILES string of the molecule is CC(C)(C)C1CCC2(CC1)NC(=O)N(CC(=O)NC(c1ccccc1)C(F)(F)F)C2=O. The maximum atomic E-state index is 13.5. The molecule has 1 aromatic carbocycles. The molecule has 1 saturated carbocycles. The second-order valence-corrected chi connectivity index (χ2v) is 9.50. The molecule has 6 nitrogen and oxygen atoms in total. The summed E-state index contributed by atoms with van der Waals surface area (Å²) in [6.45, 7) is 5.63. The molecule has 1 aromatic rings. The minimum Gasteiger partial charge on any atom is -0.339 e. The summed E-state index contributed by atoms with van der Waals surface area (Å²) in [6.07, 6.45) is -2.32. The fourth-order valence-electron chi connectivity index (χ4n) is 4.49. The first-order valence-electron chi connectivity index (χ1n) is 10.4. The number of carbonyl (C=O) groups is 3. The van der Waals surface area contributed by atoms with Crippen LogP contribution in [0.4, 0.5) is 18.0 Å². The first-order valence-corrected chi connectivity index (χ1v) is 10.4. The van der Waals surface area contributed by atoms with E-state index in [0.717, 1.165) is 17.7 Å².